The summed E-state index contributed by atoms with van der Waals surface area (Å²) in [5.41, 5.74) is 1.87. The van der Waals surface area contributed by atoms with Gasteiger partial charge in [-0.05, 0) is 28.9 Å². The Hall–Kier alpha value is -2.08. The highest BCUT2D eigenvalue weighted by atomic mass is 79.9. The number of hydrogen-bond acceptors (Lipinski definition) is 3. The van der Waals surface area contributed by atoms with Gasteiger partial charge in [0.15, 0.2) is 11.4 Å². The smallest absolute Gasteiger partial charge is 0.294 e. The summed E-state index contributed by atoms with van der Waals surface area (Å²) < 4.78 is 9.51. The van der Waals surface area contributed by atoms with Crippen molar-refractivity contribution in [1.29, 1.82) is 0 Å². The SMILES string of the molecule is COc1c(C)nn(C)c(=O)c1-n1cc(Br)c2ccccc21. The van der Waals surface area contributed by atoms with Gasteiger partial charge in [0.05, 0.1) is 12.6 Å². The Morgan fingerprint density at radius 2 is 2.00 bits per heavy atom. The van der Waals surface area contributed by atoms with E-state index in [0.717, 1.165) is 15.4 Å². The lowest BCUT2D eigenvalue weighted by Crippen LogP contribution is -2.26. The molecule has 2 heterocycles. The van der Waals surface area contributed by atoms with E-state index in [0.29, 0.717) is 17.1 Å². The van der Waals surface area contributed by atoms with Crippen LogP contribution in [0.15, 0.2) is 39.7 Å². The molecule has 0 amide bonds. The van der Waals surface area contributed by atoms with E-state index in [1.807, 2.05) is 42.0 Å². The zero-order valence-electron chi connectivity index (χ0n) is 11.9. The number of para-hydroxylation sites is 1. The molecule has 2 aromatic heterocycles. The molecule has 0 aliphatic heterocycles. The second-order valence-corrected chi connectivity index (χ2v) is 5.61. The van der Waals surface area contributed by atoms with Crippen LogP contribution in [0, 0.1) is 6.92 Å². The van der Waals surface area contributed by atoms with Crippen LogP contribution in [0.3, 0.4) is 0 Å². The lowest BCUT2D eigenvalue weighted by atomic mass is 10.2. The largest absolute Gasteiger partial charge is 0.492 e. The molecule has 1 aromatic carbocycles. The Balaban J connectivity index is 2.46. The van der Waals surface area contributed by atoms with E-state index in [1.54, 1.807) is 14.2 Å². The van der Waals surface area contributed by atoms with Gasteiger partial charge in [-0.1, -0.05) is 18.2 Å². The van der Waals surface area contributed by atoms with Crippen molar-refractivity contribution >= 4 is 26.8 Å². The molecule has 21 heavy (non-hydrogen) atoms. The number of benzene rings is 1. The zero-order valence-corrected chi connectivity index (χ0v) is 13.5. The van der Waals surface area contributed by atoms with Crippen LogP contribution in [-0.2, 0) is 7.05 Å². The minimum atomic E-state index is -0.203. The van der Waals surface area contributed by atoms with Crippen LogP contribution < -0.4 is 10.3 Å². The Labute approximate surface area is 129 Å². The van der Waals surface area contributed by atoms with E-state index in [9.17, 15) is 4.79 Å². The third kappa shape index (κ3) is 2.06. The van der Waals surface area contributed by atoms with Crippen LogP contribution in [0.25, 0.3) is 16.6 Å². The number of rotatable bonds is 2. The van der Waals surface area contributed by atoms with Crippen LogP contribution in [-0.4, -0.2) is 21.5 Å². The van der Waals surface area contributed by atoms with Crippen molar-refractivity contribution < 1.29 is 4.74 Å². The fraction of sp³-hybridized carbons (Fsp3) is 0.200. The van der Waals surface area contributed by atoms with Crippen LogP contribution >= 0.6 is 15.9 Å². The maximum absolute atomic E-state index is 12.5. The molecule has 0 radical (unpaired) electrons. The molecule has 5 nitrogen and oxygen atoms in total. The maximum atomic E-state index is 12.5. The van der Waals surface area contributed by atoms with Crippen LogP contribution in [0.2, 0.25) is 0 Å². The molecule has 0 fully saturated rings. The number of fused-ring (bicyclic) bond motifs is 1. The quantitative estimate of drug-likeness (QED) is 0.716. The van der Waals surface area contributed by atoms with Gasteiger partial charge in [0.25, 0.3) is 5.56 Å². The summed E-state index contributed by atoms with van der Waals surface area (Å²) in [4.78, 5) is 12.5. The molecule has 0 bridgehead atoms. The molecule has 0 N–H and O–H groups in total. The van der Waals surface area contributed by atoms with Crippen molar-refractivity contribution in [3.63, 3.8) is 0 Å². The zero-order chi connectivity index (χ0) is 15.1. The summed E-state index contributed by atoms with van der Waals surface area (Å²) in [6.07, 6.45) is 1.88. The van der Waals surface area contributed by atoms with Crippen LogP contribution in [0.5, 0.6) is 5.75 Å². The first-order chi connectivity index (χ1) is 10.0. The number of methoxy groups -OCH3 is 1. The molecule has 0 spiro atoms. The molecular weight excluding hydrogens is 334 g/mol. The molecule has 0 saturated carbocycles. The van der Waals surface area contributed by atoms with E-state index >= 15 is 0 Å². The molecule has 0 atom stereocenters. The van der Waals surface area contributed by atoms with Gasteiger partial charge in [0.1, 0.15) is 5.69 Å². The highest BCUT2D eigenvalue weighted by molar-refractivity contribution is 9.10. The van der Waals surface area contributed by atoms with Crippen LogP contribution in [0.4, 0.5) is 0 Å². The average Bonchev–Trinajstić information content (AvgIpc) is 2.80. The van der Waals surface area contributed by atoms with Gasteiger partial charge < -0.3 is 9.30 Å². The van der Waals surface area contributed by atoms with E-state index < -0.39 is 0 Å². The normalized spacial score (nSPS) is 11.0. The number of hydrogen-bond donors (Lipinski definition) is 0. The first kappa shape index (κ1) is 13.9. The lowest BCUT2D eigenvalue weighted by Gasteiger charge is -2.13. The summed E-state index contributed by atoms with van der Waals surface area (Å²) in [5, 5.41) is 5.21. The summed E-state index contributed by atoms with van der Waals surface area (Å²) in [7, 11) is 3.19. The molecular formula is C15H14BrN3O2. The molecule has 0 saturated heterocycles. The first-order valence-electron chi connectivity index (χ1n) is 6.42. The highest BCUT2D eigenvalue weighted by Crippen LogP contribution is 2.31. The summed E-state index contributed by atoms with van der Waals surface area (Å²) in [5.74, 6) is 0.492. The Morgan fingerprint density at radius 3 is 2.71 bits per heavy atom. The van der Waals surface area contributed by atoms with E-state index in [1.165, 1.54) is 4.68 Å². The first-order valence-corrected chi connectivity index (χ1v) is 7.21. The second kappa shape index (κ2) is 5.04. The minimum Gasteiger partial charge on any atom is -0.492 e. The standard InChI is InChI=1S/C15H14BrN3O2/c1-9-14(21-3)13(15(20)18(2)17-9)19-8-11(16)10-6-4-5-7-12(10)19/h4-8H,1-3H3. The van der Waals surface area contributed by atoms with Crippen molar-refractivity contribution in [3.8, 4) is 11.4 Å². The summed E-state index contributed by atoms with van der Waals surface area (Å²) in [6.45, 7) is 1.82. The topological polar surface area (TPSA) is 49.1 Å². The second-order valence-electron chi connectivity index (χ2n) is 4.76. The van der Waals surface area contributed by atoms with Gasteiger partial charge in [-0.25, -0.2) is 4.68 Å². The summed E-state index contributed by atoms with van der Waals surface area (Å²) in [6, 6.07) is 7.87. The molecule has 0 aliphatic carbocycles. The number of aryl methyl sites for hydroxylation is 2. The summed E-state index contributed by atoms with van der Waals surface area (Å²) >= 11 is 3.54. The predicted molar refractivity (Wildman–Crippen MR) is 85.3 cm³/mol. The Bertz CT molecular complexity index is 896. The fourth-order valence-electron chi connectivity index (χ4n) is 2.52. The molecule has 3 aromatic rings. The van der Waals surface area contributed by atoms with Gasteiger partial charge >= 0.3 is 0 Å². The Kier molecular flexibility index (Phi) is 3.33. The van der Waals surface area contributed by atoms with Gasteiger partial charge in [-0.3, -0.25) is 4.79 Å². The molecule has 0 unspecified atom stereocenters. The number of nitrogens with zero attached hydrogens (tertiary/aromatic N) is 3. The van der Waals surface area contributed by atoms with Gasteiger partial charge in [0.2, 0.25) is 0 Å². The van der Waals surface area contributed by atoms with Crippen molar-refractivity contribution in [3.05, 3.63) is 51.0 Å². The van der Waals surface area contributed by atoms with Gasteiger partial charge in [-0.15, -0.1) is 0 Å². The average molecular weight is 348 g/mol. The van der Waals surface area contributed by atoms with Crippen molar-refractivity contribution in [2.45, 2.75) is 6.92 Å². The highest BCUT2D eigenvalue weighted by Gasteiger charge is 2.19. The van der Waals surface area contributed by atoms with Crippen molar-refractivity contribution in [2.24, 2.45) is 7.05 Å². The van der Waals surface area contributed by atoms with E-state index in [4.69, 9.17) is 4.74 Å². The number of ether oxygens (including phenoxy) is 1. The van der Waals surface area contributed by atoms with E-state index in [-0.39, 0.29) is 5.56 Å². The molecule has 3 rings (SSSR count). The van der Waals surface area contributed by atoms with Gasteiger partial charge in [0, 0.05) is 23.1 Å². The van der Waals surface area contributed by atoms with Gasteiger partial charge in [-0.2, -0.15) is 5.10 Å². The number of halogens is 1. The third-order valence-electron chi connectivity index (χ3n) is 3.45. The molecule has 0 aliphatic rings. The minimum absolute atomic E-state index is 0.203. The monoisotopic (exact) mass is 347 g/mol. The third-order valence-corrected chi connectivity index (χ3v) is 4.08. The Morgan fingerprint density at radius 1 is 1.29 bits per heavy atom. The lowest BCUT2D eigenvalue weighted by molar-refractivity contribution is 0.401. The van der Waals surface area contributed by atoms with E-state index in [2.05, 4.69) is 21.0 Å². The number of aromatic nitrogens is 3. The van der Waals surface area contributed by atoms with Crippen LogP contribution in [0.1, 0.15) is 5.69 Å². The van der Waals surface area contributed by atoms with Crippen molar-refractivity contribution in [1.82, 2.24) is 14.3 Å². The van der Waals surface area contributed by atoms with Crippen molar-refractivity contribution in [2.75, 3.05) is 7.11 Å². The molecule has 108 valence electrons. The predicted octanol–water partition coefficient (Wildman–Crippen LogP) is 2.80. The molecule has 6 heteroatoms. The fourth-order valence-corrected chi connectivity index (χ4v) is 3.06. The maximum Gasteiger partial charge on any atom is 0.294 e.